The average Bonchev–Trinajstić information content (AvgIpc) is 2.25. The standard InChI is InChI=1S/C10H12N4O/c1-10(15-2)6-14(7-10)9-5-12-4-8(3-11)13-9/h4-5H,6-7H2,1-2H3. The molecule has 2 rings (SSSR count). The van der Waals surface area contributed by atoms with Crippen LogP contribution in [0.4, 0.5) is 5.82 Å². The van der Waals surface area contributed by atoms with Gasteiger partial charge in [0.1, 0.15) is 11.9 Å². The summed E-state index contributed by atoms with van der Waals surface area (Å²) in [6.45, 7) is 3.62. The molecule has 0 aliphatic carbocycles. The van der Waals surface area contributed by atoms with Crippen LogP contribution in [0.3, 0.4) is 0 Å². The van der Waals surface area contributed by atoms with Gasteiger partial charge in [-0.1, -0.05) is 0 Å². The van der Waals surface area contributed by atoms with E-state index in [0.717, 1.165) is 18.9 Å². The highest BCUT2D eigenvalue weighted by Gasteiger charge is 2.39. The lowest BCUT2D eigenvalue weighted by atomic mass is 9.97. The lowest BCUT2D eigenvalue weighted by Crippen LogP contribution is -2.61. The van der Waals surface area contributed by atoms with Gasteiger partial charge in [-0.3, -0.25) is 4.98 Å². The number of rotatable bonds is 2. The number of nitriles is 1. The third kappa shape index (κ3) is 1.76. The molecule has 5 heteroatoms. The van der Waals surface area contributed by atoms with E-state index in [1.807, 2.05) is 17.9 Å². The SMILES string of the molecule is COC1(C)CN(c2cncc(C#N)n2)C1. The Hall–Kier alpha value is -1.67. The van der Waals surface area contributed by atoms with Crippen LogP contribution in [0.15, 0.2) is 12.4 Å². The average molecular weight is 204 g/mol. The first-order chi connectivity index (χ1) is 7.17. The zero-order valence-electron chi connectivity index (χ0n) is 8.77. The molecule has 1 aromatic heterocycles. The van der Waals surface area contributed by atoms with Gasteiger partial charge < -0.3 is 9.64 Å². The van der Waals surface area contributed by atoms with Crippen molar-refractivity contribution in [3.05, 3.63) is 18.1 Å². The molecule has 1 fully saturated rings. The summed E-state index contributed by atoms with van der Waals surface area (Å²) in [6, 6.07) is 1.97. The van der Waals surface area contributed by atoms with Crippen molar-refractivity contribution in [3.8, 4) is 6.07 Å². The minimum absolute atomic E-state index is 0.0929. The summed E-state index contributed by atoms with van der Waals surface area (Å²) >= 11 is 0. The van der Waals surface area contributed by atoms with Crippen LogP contribution in [0.1, 0.15) is 12.6 Å². The van der Waals surface area contributed by atoms with Gasteiger partial charge in [-0.2, -0.15) is 5.26 Å². The van der Waals surface area contributed by atoms with Crippen molar-refractivity contribution in [1.82, 2.24) is 9.97 Å². The van der Waals surface area contributed by atoms with E-state index in [2.05, 4.69) is 9.97 Å². The third-order valence-electron chi connectivity index (χ3n) is 2.60. The molecule has 5 nitrogen and oxygen atoms in total. The molecule has 1 saturated heterocycles. The van der Waals surface area contributed by atoms with Crippen LogP contribution in [-0.4, -0.2) is 35.8 Å². The van der Waals surface area contributed by atoms with E-state index in [1.165, 1.54) is 6.20 Å². The summed E-state index contributed by atoms with van der Waals surface area (Å²) in [5, 5.41) is 8.69. The molecule has 0 atom stereocenters. The lowest BCUT2D eigenvalue weighted by Gasteiger charge is -2.47. The number of aromatic nitrogens is 2. The maximum absolute atomic E-state index is 8.69. The van der Waals surface area contributed by atoms with E-state index in [9.17, 15) is 0 Å². The van der Waals surface area contributed by atoms with E-state index >= 15 is 0 Å². The van der Waals surface area contributed by atoms with Crippen molar-refractivity contribution in [2.24, 2.45) is 0 Å². The monoisotopic (exact) mass is 204 g/mol. The summed E-state index contributed by atoms with van der Waals surface area (Å²) in [7, 11) is 1.70. The number of hydrogen-bond donors (Lipinski definition) is 0. The van der Waals surface area contributed by atoms with Crippen LogP contribution in [0.2, 0.25) is 0 Å². The Morgan fingerprint density at radius 2 is 2.27 bits per heavy atom. The molecule has 2 heterocycles. The van der Waals surface area contributed by atoms with E-state index < -0.39 is 0 Å². The van der Waals surface area contributed by atoms with Gasteiger partial charge in [0.15, 0.2) is 5.69 Å². The van der Waals surface area contributed by atoms with Crippen molar-refractivity contribution in [2.45, 2.75) is 12.5 Å². The molecule has 0 unspecified atom stereocenters. The van der Waals surface area contributed by atoms with Gasteiger partial charge in [-0.15, -0.1) is 0 Å². The fourth-order valence-electron chi connectivity index (χ4n) is 1.61. The predicted molar refractivity (Wildman–Crippen MR) is 54.4 cm³/mol. The highest BCUT2D eigenvalue weighted by atomic mass is 16.5. The second kappa shape index (κ2) is 3.48. The first-order valence-electron chi connectivity index (χ1n) is 4.69. The Kier molecular flexibility index (Phi) is 2.29. The van der Waals surface area contributed by atoms with Crippen LogP contribution < -0.4 is 4.90 Å². The molecule has 1 aliphatic rings. The zero-order chi connectivity index (χ0) is 10.9. The maximum atomic E-state index is 8.69. The summed E-state index contributed by atoms with van der Waals surface area (Å²) < 4.78 is 5.33. The van der Waals surface area contributed by atoms with Gasteiger partial charge in [-0.25, -0.2) is 4.98 Å². The Balaban J connectivity index is 2.10. The second-order valence-electron chi connectivity index (χ2n) is 3.88. The largest absolute Gasteiger partial charge is 0.375 e. The summed E-state index contributed by atoms with van der Waals surface area (Å²) in [5.41, 5.74) is 0.253. The van der Waals surface area contributed by atoms with Crippen molar-refractivity contribution in [3.63, 3.8) is 0 Å². The molecule has 0 radical (unpaired) electrons. The van der Waals surface area contributed by atoms with Crippen LogP contribution in [0.25, 0.3) is 0 Å². The molecule has 0 spiro atoms. The van der Waals surface area contributed by atoms with E-state index in [4.69, 9.17) is 10.00 Å². The first-order valence-corrected chi connectivity index (χ1v) is 4.69. The highest BCUT2D eigenvalue weighted by molar-refractivity contribution is 5.43. The van der Waals surface area contributed by atoms with E-state index in [0.29, 0.717) is 5.69 Å². The summed E-state index contributed by atoms with van der Waals surface area (Å²) in [4.78, 5) is 10.2. The lowest BCUT2D eigenvalue weighted by molar-refractivity contribution is -0.0171. The van der Waals surface area contributed by atoms with Crippen molar-refractivity contribution in [1.29, 1.82) is 5.26 Å². The number of nitrogens with zero attached hydrogens (tertiary/aromatic N) is 4. The molecule has 0 aromatic carbocycles. The molecule has 1 aromatic rings. The van der Waals surface area contributed by atoms with Gasteiger partial charge in [0.25, 0.3) is 0 Å². The molecule has 15 heavy (non-hydrogen) atoms. The van der Waals surface area contributed by atoms with Crippen LogP contribution >= 0.6 is 0 Å². The predicted octanol–water partition coefficient (Wildman–Crippen LogP) is 0.573. The van der Waals surface area contributed by atoms with E-state index in [1.54, 1.807) is 13.3 Å². The molecule has 78 valence electrons. The third-order valence-corrected chi connectivity index (χ3v) is 2.60. The Bertz CT molecular complexity index is 406. The minimum Gasteiger partial charge on any atom is -0.375 e. The normalized spacial score (nSPS) is 18.1. The molecule has 0 N–H and O–H groups in total. The molecule has 0 bridgehead atoms. The molecular formula is C10H12N4O. The first kappa shape index (κ1) is 9.87. The maximum Gasteiger partial charge on any atom is 0.161 e. The summed E-state index contributed by atoms with van der Waals surface area (Å²) in [6.07, 6.45) is 3.12. The highest BCUT2D eigenvalue weighted by Crippen LogP contribution is 2.27. The van der Waals surface area contributed by atoms with Crippen molar-refractivity contribution in [2.75, 3.05) is 25.1 Å². The van der Waals surface area contributed by atoms with E-state index in [-0.39, 0.29) is 5.60 Å². The molecular weight excluding hydrogens is 192 g/mol. The van der Waals surface area contributed by atoms with Crippen LogP contribution in [0.5, 0.6) is 0 Å². The zero-order valence-corrected chi connectivity index (χ0v) is 8.77. The van der Waals surface area contributed by atoms with Crippen LogP contribution in [0, 0.1) is 11.3 Å². The molecule has 0 saturated carbocycles. The number of anilines is 1. The topological polar surface area (TPSA) is 62.0 Å². The van der Waals surface area contributed by atoms with Gasteiger partial charge in [0.05, 0.1) is 31.1 Å². The minimum atomic E-state index is -0.0929. The van der Waals surface area contributed by atoms with Crippen molar-refractivity contribution < 1.29 is 4.74 Å². The Morgan fingerprint density at radius 1 is 1.53 bits per heavy atom. The second-order valence-corrected chi connectivity index (χ2v) is 3.88. The summed E-state index contributed by atoms with van der Waals surface area (Å²) in [5.74, 6) is 0.739. The Labute approximate surface area is 88.3 Å². The van der Waals surface area contributed by atoms with Gasteiger partial charge >= 0.3 is 0 Å². The molecule has 0 amide bonds. The quantitative estimate of drug-likeness (QED) is 0.705. The van der Waals surface area contributed by atoms with Crippen molar-refractivity contribution >= 4 is 5.82 Å². The van der Waals surface area contributed by atoms with Gasteiger partial charge in [0, 0.05) is 7.11 Å². The van der Waals surface area contributed by atoms with Gasteiger partial charge in [0.2, 0.25) is 0 Å². The number of ether oxygens (including phenoxy) is 1. The number of methoxy groups -OCH3 is 1. The Morgan fingerprint density at radius 3 is 2.87 bits per heavy atom. The smallest absolute Gasteiger partial charge is 0.161 e. The van der Waals surface area contributed by atoms with Gasteiger partial charge in [-0.05, 0) is 6.92 Å². The fraction of sp³-hybridized carbons (Fsp3) is 0.500. The number of hydrogen-bond acceptors (Lipinski definition) is 5. The fourth-order valence-corrected chi connectivity index (χ4v) is 1.61. The van der Waals surface area contributed by atoms with Crippen LogP contribution in [-0.2, 0) is 4.74 Å². The molecule has 1 aliphatic heterocycles.